The molecule has 0 saturated heterocycles. The van der Waals surface area contributed by atoms with Gasteiger partial charge in [0.2, 0.25) is 0 Å². The summed E-state index contributed by atoms with van der Waals surface area (Å²) in [5.74, 6) is 1.12. The van der Waals surface area contributed by atoms with E-state index in [2.05, 4.69) is 15.9 Å². The maximum Gasteiger partial charge on any atom is 0.287 e. The maximum atomic E-state index is 12.2. The van der Waals surface area contributed by atoms with Crippen molar-refractivity contribution in [1.29, 1.82) is 5.26 Å². The lowest BCUT2D eigenvalue weighted by molar-refractivity contribution is -0.385. The summed E-state index contributed by atoms with van der Waals surface area (Å²) in [6.07, 6.45) is 1.12. The molecule has 8 nitrogen and oxygen atoms in total. The molecule has 0 aliphatic carbocycles. The molecule has 0 atom stereocenters. The second kappa shape index (κ2) is 6.33. The molecule has 9 heteroatoms. The second-order valence-corrected chi connectivity index (χ2v) is 5.86. The fraction of sp³-hybridized carbons (Fsp3) is 0.200. The van der Waals surface area contributed by atoms with Crippen molar-refractivity contribution >= 4 is 21.6 Å². The van der Waals surface area contributed by atoms with Crippen molar-refractivity contribution in [2.75, 3.05) is 13.2 Å². The van der Waals surface area contributed by atoms with Crippen LogP contribution in [-0.2, 0) is 6.54 Å². The van der Waals surface area contributed by atoms with Crippen LogP contribution in [0.1, 0.15) is 11.1 Å². The molecule has 1 aliphatic rings. The summed E-state index contributed by atoms with van der Waals surface area (Å²) in [6, 6.07) is 6.08. The van der Waals surface area contributed by atoms with E-state index in [0.29, 0.717) is 34.7 Å². The summed E-state index contributed by atoms with van der Waals surface area (Å²) < 4.78 is 12.8. The van der Waals surface area contributed by atoms with E-state index in [9.17, 15) is 14.9 Å². The first-order chi connectivity index (χ1) is 11.5. The van der Waals surface area contributed by atoms with Crippen molar-refractivity contribution in [2.24, 2.45) is 0 Å². The minimum absolute atomic E-state index is 0.0480. The van der Waals surface area contributed by atoms with Crippen LogP contribution in [0, 0.1) is 21.4 Å². The first kappa shape index (κ1) is 16.0. The Morgan fingerprint density at radius 3 is 2.58 bits per heavy atom. The third-order valence-corrected chi connectivity index (χ3v) is 4.19. The third kappa shape index (κ3) is 2.96. The highest BCUT2D eigenvalue weighted by Gasteiger charge is 2.18. The Morgan fingerprint density at radius 2 is 1.96 bits per heavy atom. The summed E-state index contributed by atoms with van der Waals surface area (Å²) in [4.78, 5) is 22.6. The summed E-state index contributed by atoms with van der Waals surface area (Å²) >= 11 is 3.39. The zero-order chi connectivity index (χ0) is 17.3. The quantitative estimate of drug-likeness (QED) is 0.586. The Bertz CT molecular complexity index is 932. The van der Waals surface area contributed by atoms with E-state index in [1.807, 2.05) is 0 Å². The fourth-order valence-electron chi connectivity index (χ4n) is 2.33. The molecule has 0 saturated carbocycles. The molecule has 0 bridgehead atoms. The average Bonchev–Trinajstić information content (AvgIpc) is 2.57. The van der Waals surface area contributed by atoms with Gasteiger partial charge in [0, 0.05) is 10.5 Å². The smallest absolute Gasteiger partial charge is 0.287 e. The average molecular weight is 392 g/mol. The molecule has 0 N–H and O–H groups in total. The normalized spacial score (nSPS) is 12.5. The lowest BCUT2D eigenvalue weighted by atomic mass is 10.2. The standard InChI is InChI=1S/C15H10BrN3O5/c16-12-5-14-13(23-1-2-24-14)4-10(12)7-18-8-11(19(21)22)3-9(6-17)15(18)20/h3-5,8H,1-2,7H2. The van der Waals surface area contributed by atoms with Crippen molar-refractivity contribution in [3.05, 3.63) is 60.5 Å². The monoisotopic (exact) mass is 391 g/mol. The molecule has 2 heterocycles. The van der Waals surface area contributed by atoms with Gasteiger partial charge in [0.05, 0.1) is 17.7 Å². The molecule has 0 fully saturated rings. The second-order valence-electron chi connectivity index (χ2n) is 5.00. The lowest BCUT2D eigenvalue weighted by Crippen LogP contribution is -2.23. The molecule has 0 amide bonds. The number of nitrogens with zero attached hydrogens (tertiary/aromatic N) is 3. The number of nitriles is 1. The van der Waals surface area contributed by atoms with Crippen molar-refractivity contribution in [3.8, 4) is 17.6 Å². The Kier molecular flexibility index (Phi) is 4.22. The SMILES string of the molecule is N#Cc1cc([N+](=O)[O-])cn(Cc2cc3c(cc2Br)OCCO3)c1=O. The van der Waals surface area contributed by atoms with Gasteiger partial charge >= 0.3 is 0 Å². The first-order valence-corrected chi connectivity index (χ1v) is 7.66. The van der Waals surface area contributed by atoms with Crippen molar-refractivity contribution in [1.82, 2.24) is 4.57 Å². The van der Waals surface area contributed by atoms with E-state index < -0.39 is 10.5 Å². The van der Waals surface area contributed by atoms with Crippen molar-refractivity contribution < 1.29 is 14.4 Å². The third-order valence-electron chi connectivity index (χ3n) is 3.45. The Labute approximate surface area is 144 Å². The molecular formula is C15H10BrN3O5. The van der Waals surface area contributed by atoms with Crippen LogP contribution >= 0.6 is 15.9 Å². The highest BCUT2D eigenvalue weighted by molar-refractivity contribution is 9.10. The molecule has 1 aliphatic heterocycles. The van der Waals surface area contributed by atoms with Crippen LogP contribution in [0.15, 0.2) is 33.7 Å². The predicted molar refractivity (Wildman–Crippen MR) is 86.3 cm³/mol. The number of nitro groups is 1. The van der Waals surface area contributed by atoms with Gasteiger partial charge in [-0.25, -0.2) is 0 Å². The zero-order valence-electron chi connectivity index (χ0n) is 12.2. The Balaban J connectivity index is 2.06. The minimum atomic E-state index is -0.643. The number of halogens is 1. The highest BCUT2D eigenvalue weighted by Crippen LogP contribution is 2.35. The van der Waals surface area contributed by atoms with Gasteiger partial charge in [-0.2, -0.15) is 5.26 Å². The van der Waals surface area contributed by atoms with E-state index in [4.69, 9.17) is 14.7 Å². The highest BCUT2D eigenvalue weighted by atomic mass is 79.9. The largest absolute Gasteiger partial charge is 0.486 e. The van der Waals surface area contributed by atoms with Gasteiger partial charge in [-0.3, -0.25) is 14.9 Å². The number of fused-ring (bicyclic) bond motifs is 1. The van der Waals surface area contributed by atoms with Gasteiger partial charge in [-0.05, 0) is 17.7 Å². The molecule has 0 unspecified atom stereocenters. The summed E-state index contributed by atoms with van der Waals surface area (Å²) in [7, 11) is 0. The number of rotatable bonds is 3. The molecule has 0 spiro atoms. The summed E-state index contributed by atoms with van der Waals surface area (Å²) in [5, 5.41) is 20.0. The summed E-state index contributed by atoms with van der Waals surface area (Å²) in [5.41, 5.74) is -0.520. The minimum Gasteiger partial charge on any atom is -0.486 e. The van der Waals surface area contributed by atoms with Gasteiger partial charge in [0.1, 0.15) is 24.8 Å². The number of aromatic nitrogens is 1. The van der Waals surface area contributed by atoms with Crippen LogP contribution in [0.2, 0.25) is 0 Å². The van der Waals surface area contributed by atoms with Crippen LogP contribution in [0.5, 0.6) is 11.5 Å². The maximum absolute atomic E-state index is 12.2. The van der Waals surface area contributed by atoms with Crippen LogP contribution in [0.4, 0.5) is 5.69 Å². The molecule has 1 aromatic carbocycles. The number of pyridine rings is 1. The number of ether oxygens (including phenoxy) is 2. The van der Waals surface area contributed by atoms with E-state index in [0.717, 1.165) is 16.8 Å². The molecular weight excluding hydrogens is 382 g/mol. The van der Waals surface area contributed by atoms with Crippen LogP contribution in [0.3, 0.4) is 0 Å². The van der Waals surface area contributed by atoms with Gasteiger partial charge in [0.25, 0.3) is 11.2 Å². The molecule has 3 rings (SSSR count). The Morgan fingerprint density at radius 1 is 1.29 bits per heavy atom. The molecule has 122 valence electrons. The molecule has 24 heavy (non-hydrogen) atoms. The fourth-order valence-corrected chi connectivity index (χ4v) is 2.78. The zero-order valence-corrected chi connectivity index (χ0v) is 13.8. The van der Waals surface area contributed by atoms with E-state index in [1.165, 1.54) is 0 Å². The Hall–Kier alpha value is -2.86. The topological polar surface area (TPSA) is 107 Å². The molecule has 1 aromatic heterocycles. The molecule has 2 aromatic rings. The summed E-state index contributed by atoms with van der Waals surface area (Å²) in [6.45, 7) is 0.921. The van der Waals surface area contributed by atoms with Crippen LogP contribution < -0.4 is 15.0 Å². The molecule has 0 radical (unpaired) electrons. The lowest BCUT2D eigenvalue weighted by Gasteiger charge is -2.20. The number of benzene rings is 1. The van der Waals surface area contributed by atoms with Crippen LogP contribution in [0.25, 0.3) is 0 Å². The van der Waals surface area contributed by atoms with E-state index in [1.54, 1.807) is 18.2 Å². The van der Waals surface area contributed by atoms with Gasteiger partial charge < -0.3 is 14.0 Å². The van der Waals surface area contributed by atoms with Gasteiger partial charge in [0.15, 0.2) is 11.5 Å². The van der Waals surface area contributed by atoms with Gasteiger partial charge in [-0.1, -0.05) is 15.9 Å². The van der Waals surface area contributed by atoms with Crippen LogP contribution in [-0.4, -0.2) is 22.7 Å². The van der Waals surface area contributed by atoms with E-state index in [-0.39, 0.29) is 17.8 Å². The number of hydrogen-bond donors (Lipinski definition) is 0. The van der Waals surface area contributed by atoms with E-state index >= 15 is 0 Å². The number of hydrogen-bond acceptors (Lipinski definition) is 6. The van der Waals surface area contributed by atoms with Crippen molar-refractivity contribution in [2.45, 2.75) is 6.54 Å². The predicted octanol–water partition coefficient (Wildman–Crippen LogP) is 2.21. The first-order valence-electron chi connectivity index (χ1n) is 6.86. The van der Waals surface area contributed by atoms with Gasteiger partial charge in [-0.15, -0.1) is 0 Å². The van der Waals surface area contributed by atoms with Crippen molar-refractivity contribution in [3.63, 3.8) is 0 Å².